The average Bonchev–Trinajstić information content (AvgIpc) is 2.70. The molecule has 2 aromatic rings. The maximum atomic E-state index is 6.09. The van der Waals surface area contributed by atoms with Crippen molar-refractivity contribution in [2.45, 2.75) is 32.9 Å². The molecular weight excluding hydrogens is 308 g/mol. The van der Waals surface area contributed by atoms with Gasteiger partial charge in [-0.1, -0.05) is 41.9 Å². The van der Waals surface area contributed by atoms with Crippen molar-refractivity contribution in [3.05, 3.63) is 52.9 Å². The van der Waals surface area contributed by atoms with Crippen LogP contribution in [0.1, 0.15) is 24.7 Å². The molecule has 2 heterocycles. The lowest BCUT2D eigenvalue weighted by Crippen LogP contribution is -2.34. The highest BCUT2D eigenvalue weighted by Gasteiger charge is 2.22. The topological polar surface area (TPSA) is 32.3 Å². The number of anilines is 1. The summed E-state index contributed by atoms with van der Waals surface area (Å²) in [4.78, 5) is 13.6. The molecule has 0 saturated carbocycles. The smallest absolute Gasteiger partial charge is 0.134 e. The van der Waals surface area contributed by atoms with E-state index in [1.54, 1.807) is 0 Å². The van der Waals surface area contributed by atoms with Crippen molar-refractivity contribution < 1.29 is 0 Å². The summed E-state index contributed by atoms with van der Waals surface area (Å²) in [5.41, 5.74) is 1.37. The van der Waals surface area contributed by atoms with E-state index in [1.807, 2.05) is 13.0 Å². The lowest BCUT2D eigenvalue weighted by molar-refractivity contribution is 0.212. The van der Waals surface area contributed by atoms with Gasteiger partial charge in [-0.05, 0) is 25.8 Å². The SMILES string of the molecule is Cc1nc(Cl)cc(N2CCC(C)N(Cc3ccccc3)CC2)n1. The standard InChI is InChI=1S/C18H23ClN4/c1-14-8-9-22(18-12-17(19)20-15(2)21-18)10-11-23(14)13-16-6-4-3-5-7-16/h3-7,12,14H,8-11,13H2,1-2H3. The van der Waals surface area contributed by atoms with Gasteiger partial charge < -0.3 is 4.90 Å². The van der Waals surface area contributed by atoms with Gasteiger partial charge in [-0.3, -0.25) is 4.90 Å². The normalized spacial score (nSPS) is 19.6. The summed E-state index contributed by atoms with van der Waals surface area (Å²) in [6.07, 6.45) is 1.12. The van der Waals surface area contributed by atoms with Crippen molar-refractivity contribution >= 4 is 17.4 Å². The van der Waals surface area contributed by atoms with Gasteiger partial charge in [0.1, 0.15) is 16.8 Å². The monoisotopic (exact) mass is 330 g/mol. The summed E-state index contributed by atoms with van der Waals surface area (Å²) in [5.74, 6) is 1.67. The number of hydrogen-bond donors (Lipinski definition) is 0. The van der Waals surface area contributed by atoms with Gasteiger partial charge in [0.05, 0.1) is 0 Å². The summed E-state index contributed by atoms with van der Waals surface area (Å²) >= 11 is 6.09. The summed E-state index contributed by atoms with van der Waals surface area (Å²) in [5, 5.41) is 0.519. The quantitative estimate of drug-likeness (QED) is 0.806. The van der Waals surface area contributed by atoms with Crippen molar-refractivity contribution in [3.63, 3.8) is 0 Å². The molecule has 0 spiro atoms. The molecule has 122 valence electrons. The number of halogens is 1. The molecule has 1 unspecified atom stereocenters. The molecule has 1 aliphatic rings. The van der Waals surface area contributed by atoms with Gasteiger partial charge >= 0.3 is 0 Å². The second kappa shape index (κ2) is 7.28. The lowest BCUT2D eigenvalue weighted by Gasteiger charge is -2.26. The van der Waals surface area contributed by atoms with E-state index in [0.717, 1.165) is 44.2 Å². The third-order valence-corrected chi connectivity index (χ3v) is 4.64. The van der Waals surface area contributed by atoms with Crippen molar-refractivity contribution in [1.82, 2.24) is 14.9 Å². The molecule has 0 N–H and O–H groups in total. The van der Waals surface area contributed by atoms with Crippen molar-refractivity contribution in [3.8, 4) is 0 Å². The van der Waals surface area contributed by atoms with Gasteiger partial charge in [-0.15, -0.1) is 0 Å². The van der Waals surface area contributed by atoms with Crippen molar-refractivity contribution in [2.24, 2.45) is 0 Å². The van der Waals surface area contributed by atoms with Crippen LogP contribution in [0.25, 0.3) is 0 Å². The van der Waals surface area contributed by atoms with Gasteiger partial charge in [0.25, 0.3) is 0 Å². The van der Waals surface area contributed by atoms with Crippen LogP contribution in [0.3, 0.4) is 0 Å². The minimum Gasteiger partial charge on any atom is -0.355 e. The fourth-order valence-electron chi connectivity index (χ4n) is 3.07. The molecule has 4 nitrogen and oxygen atoms in total. The molecule has 0 amide bonds. The maximum absolute atomic E-state index is 6.09. The molecule has 5 heteroatoms. The molecule has 1 fully saturated rings. The Morgan fingerprint density at radius 3 is 2.65 bits per heavy atom. The van der Waals surface area contributed by atoms with E-state index in [4.69, 9.17) is 11.6 Å². The predicted octanol–water partition coefficient (Wildman–Crippen LogP) is 3.54. The van der Waals surface area contributed by atoms with Gasteiger partial charge in [-0.2, -0.15) is 0 Å². The van der Waals surface area contributed by atoms with E-state index in [9.17, 15) is 0 Å². The van der Waals surface area contributed by atoms with Crippen LogP contribution >= 0.6 is 11.6 Å². The van der Waals surface area contributed by atoms with Crippen LogP contribution in [0.2, 0.25) is 5.15 Å². The number of rotatable bonds is 3. The summed E-state index contributed by atoms with van der Waals surface area (Å²) in [7, 11) is 0. The van der Waals surface area contributed by atoms with E-state index in [2.05, 4.69) is 57.0 Å². The summed E-state index contributed by atoms with van der Waals surface area (Å²) in [6, 6.07) is 13.1. The molecule has 23 heavy (non-hydrogen) atoms. The van der Waals surface area contributed by atoms with E-state index in [-0.39, 0.29) is 0 Å². The molecular formula is C18H23ClN4. The predicted molar refractivity (Wildman–Crippen MR) is 94.9 cm³/mol. The van der Waals surface area contributed by atoms with E-state index >= 15 is 0 Å². The van der Waals surface area contributed by atoms with Crippen LogP contribution in [0, 0.1) is 6.92 Å². The first kappa shape index (κ1) is 16.2. The van der Waals surface area contributed by atoms with Crippen LogP contribution < -0.4 is 4.90 Å². The lowest BCUT2D eigenvalue weighted by atomic mass is 10.1. The molecule has 1 atom stereocenters. The molecule has 0 radical (unpaired) electrons. The Morgan fingerprint density at radius 1 is 1.13 bits per heavy atom. The number of benzene rings is 1. The second-order valence-electron chi connectivity index (χ2n) is 6.18. The fourth-order valence-corrected chi connectivity index (χ4v) is 3.29. The van der Waals surface area contributed by atoms with Crippen LogP contribution in [-0.2, 0) is 6.54 Å². The van der Waals surface area contributed by atoms with E-state index < -0.39 is 0 Å². The largest absolute Gasteiger partial charge is 0.355 e. The third kappa shape index (κ3) is 4.21. The number of aromatic nitrogens is 2. The first-order chi connectivity index (χ1) is 11.1. The Morgan fingerprint density at radius 2 is 1.91 bits per heavy atom. The van der Waals surface area contributed by atoms with Crippen LogP contribution in [0.5, 0.6) is 0 Å². The molecule has 3 rings (SSSR count). The minimum atomic E-state index is 0.519. The van der Waals surface area contributed by atoms with Gasteiger partial charge in [0.15, 0.2) is 0 Å². The number of hydrogen-bond acceptors (Lipinski definition) is 4. The molecule has 1 aromatic heterocycles. The highest BCUT2D eigenvalue weighted by atomic mass is 35.5. The first-order valence-electron chi connectivity index (χ1n) is 8.16. The molecule has 1 saturated heterocycles. The average molecular weight is 331 g/mol. The van der Waals surface area contributed by atoms with E-state index in [1.165, 1.54) is 5.56 Å². The van der Waals surface area contributed by atoms with Gasteiger partial charge in [0.2, 0.25) is 0 Å². The van der Waals surface area contributed by atoms with Gasteiger partial charge in [0, 0.05) is 38.3 Å². The van der Waals surface area contributed by atoms with Crippen molar-refractivity contribution in [2.75, 3.05) is 24.5 Å². The molecule has 1 aliphatic heterocycles. The number of aryl methyl sites for hydroxylation is 1. The van der Waals surface area contributed by atoms with Gasteiger partial charge in [-0.25, -0.2) is 9.97 Å². The zero-order chi connectivity index (χ0) is 16.2. The minimum absolute atomic E-state index is 0.519. The van der Waals surface area contributed by atoms with Crippen LogP contribution in [-0.4, -0.2) is 40.5 Å². The Balaban J connectivity index is 1.70. The zero-order valence-corrected chi connectivity index (χ0v) is 14.5. The van der Waals surface area contributed by atoms with Crippen molar-refractivity contribution in [1.29, 1.82) is 0 Å². The summed E-state index contributed by atoms with van der Waals surface area (Å²) < 4.78 is 0. The zero-order valence-electron chi connectivity index (χ0n) is 13.7. The molecule has 1 aromatic carbocycles. The second-order valence-corrected chi connectivity index (χ2v) is 6.56. The molecule has 0 aliphatic carbocycles. The Hall–Kier alpha value is -1.65. The van der Waals surface area contributed by atoms with E-state index in [0.29, 0.717) is 11.2 Å². The Kier molecular flexibility index (Phi) is 5.13. The third-order valence-electron chi connectivity index (χ3n) is 4.44. The van der Waals surface area contributed by atoms with Crippen LogP contribution in [0.15, 0.2) is 36.4 Å². The fraction of sp³-hybridized carbons (Fsp3) is 0.444. The molecule has 0 bridgehead atoms. The maximum Gasteiger partial charge on any atom is 0.134 e. The Labute approximate surface area is 143 Å². The Bertz CT molecular complexity index is 626. The summed E-state index contributed by atoms with van der Waals surface area (Å²) in [6.45, 7) is 8.18. The van der Waals surface area contributed by atoms with Crippen LogP contribution in [0.4, 0.5) is 5.82 Å². The first-order valence-corrected chi connectivity index (χ1v) is 8.54. The number of nitrogens with zero attached hydrogens (tertiary/aromatic N) is 4. The highest BCUT2D eigenvalue weighted by Crippen LogP contribution is 2.21. The highest BCUT2D eigenvalue weighted by molar-refractivity contribution is 6.29.